The van der Waals surface area contributed by atoms with Crippen LogP contribution in [0, 0.1) is 15.9 Å². The summed E-state index contributed by atoms with van der Waals surface area (Å²) in [6.07, 6.45) is 1.19. The zero-order chi connectivity index (χ0) is 16.1. The number of hydrogen-bond acceptors (Lipinski definition) is 6. The molecule has 1 aromatic carbocycles. The number of nitrogens with one attached hydrogen (secondary N) is 1. The number of hydrazone groups is 1. The lowest BCUT2D eigenvalue weighted by Gasteiger charge is -2.01. The van der Waals surface area contributed by atoms with E-state index in [1.165, 1.54) is 35.3 Å². The van der Waals surface area contributed by atoms with Gasteiger partial charge in [-0.1, -0.05) is 4.98 Å². The molecule has 0 spiro atoms. The van der Waals surface area contributed by atoms with E-state index in [2.05, 4.69) is 20.6 Å². The van der Waals surface area contributed by atoms with Crippen molar-refractivity contribution < 1.29 is 14.1 Å². The molecule has 114 valence electrons. The lowest BCUT2D eigenvalue weighted by Crippen LogP contribution is -2.20. The fourth-order valence-corrected chi connectivity index (χ4v) is 1.53. The molecule has 0 aliphatic heterocycles. The Hall–Kier alpha value is -3.17. The quantitative estimate of drug-likeness (QED) is 0.505. The molecule has 1 N–H and O–H groups in total. The fraction of sp³-hybridized carbons (Fsp3) is 0.167. The van der Waals surface area contributed by atoms with Crippen molar-refractivity contribution in [2.24, 2.45) is 5.10 Å². The predicted molar refractivity (Wildman–Crippen MR) is 73.7 cm³/mol. The Balaban J connectivity index is 1.95. The van der Waals surface area contributed by atoms with Gasteiger partial charge in [0.05, 0.1) is 12.3 Å². The van der Waals surface area contributed by atoms with Crippen LogP contribution in [-0.2, 0) is 6.54 Å². The summed E-state index contributed by atoms with van der Waals surface area (Å²) in [6.45, 7) is 1.74. The van der Waals surface area contributed by atoms with E-state index < -0.39 is 22.6 Å². The molecule has 1 amide bonds. The summed E-state index contributed by atoms with van der Waals surface area (Å²) < 4.78 is 14.0. The molecular weight excluding hydrogens is 295 g/mol. The summed E-state index contributed by atoms with van der Waals surface area (Å²) in [4.78, 5) is 25.0. The largest absolute Gasteiger partial charge is 0.490 e. The molecule has 2 aromatic rings. The first kappa shape index (κ1) is 15.2. The number of carbonyl (C=O) groups excluding carboxylic acids is 1. The normalized spacial score (nSPS) is 11.3. The second-order valence-electron chi connectivity index (χ2n) is 4.29. The van der Waals surface area contributed by atoms with Gasteiger partial charge in [-0.2, -0.15) is 9.78 Å². The van der Waals surface area contributed by atoms with E-state index in [1.54, 1.807) is 6.92 Å². The number of nitrogens with zero attached hydrogens (tertiary/aromatic N) is 5. The van der Waals surface area contributed by atoms with Crippen LogP contribution < -0.4 is 5.43 Å². The van der Waals surface area contributed by atoms with Gasteiger partial charge in [0, 0.05) is 10.7 Å². The van der Waals surface area contributed by atoms with E-state index in [4.69, 9.17) is 0 Å². The Bertz CT molecular complexity index is 725. The summed E-state index contributed by atoms with van der Waals surface area (Å²) in [5.41, 5.74) is 3.01. The number of aromatic nitrogens is 3. The Kier molecular flexibility index (Phi) is 4.51. The molecule has 10 heteroatoms. The van der Waals surface area contributed by atoms with E-state index in [-0.39, 0.29) is 12.1 Å². The van der Waals surface area contributed by atoms with Crippen LogP contribution in [0.2, 0.25) is 0 Å². The molecule has 0 unspecified atom stereocenters. The van der Waals surface area contributed by atoms with E-state index in [0.717, 1.165) is 0 Å². The van der Waals surface area contributed by atoms with E-state index in [0.29, 0.717) is 5.71 Å². The molecule has 0 aliphatic carbocycles. The molecular formula is C12H11FN6O3. The Morgan fingerprint density at radius 3 is 2.73 bits per heavy atom. The lowest BCUT2D eigenvalue weighted by atomic mass is 10.2. The average Bonchev–Trinajstić information content (AvgIpc) is 2.94. The highest BCUT2D eigenvalue weighted by molar-refractivity contribution is 5.95. The minimum atomic E-state index is -0.709. The summed E-state index contributed by atoms with van der Waals surface area (Å²) in [6, 6.07) is 4.99. The zero-order valence-electron chi connectivity index (χ0n) is 11.4. The Morgan fingerprint density at radius 1 is 1.45 bits per heavy atom. The maximum Gasteiger partial charge on any atom is 0.490 e. The minimum absolute atomic E-state index is 0.130. The van der Waals surface area contributed by atoms with Crippen LogP contribution in [-0.4, -0.2) is 31.3 Å². The van der Waals surface area contributed by atoms with Crippen molar-refractivity contribution in [3.05, 3.63) is 52.1 Å². The standard InChI is InChI=1S/C12H11FN6O3/c1-8(6-18-7-14-12(17-18)19(21)22)15-16-11(20)9-2-4-10(13)5-3-9/h2-5,7H,6H2,1H3,(H,16,20)/b15-8-. The van der Waals surface area contributed by atoms with Gasteiger partial charge >= 0.3 is 5.95 Å². The van der Waals surface area contributed by atoms with Gasteiger partial charge in [0.15, 0.2) is 0 Å². The molecule has 0 atom stereocenters. The van der Waals surface area contributed by atoms with Gasteiger partial charge < -0.3 is 10.1 Å². The molecule has 1 heterocycles. The monoisotopic (exact) mass is 306 g/mol. The van der Waals surface area contributed by atoms with E-state index in [9.17, 15) is 19.3 Å². The van der Waals surface area contributed by atoms with Gasteiger partial charge in [0.25, 0.3) is 5.91 Å². The van der Waals surface area contributed by atoms with E-state index >= 15 is 0 Å². The van der Waals surface area contributed by atoms with Crippen molar-refractivity contribution in [3.63, 3.8) is 0 Å². The molecule has 0 saturated heterocycles. The predicted octanol–water partition coefficient (Wildman–Crippen LogP) is 1.13. The lowest BCUT2D eigenvalue weighted by molar-refractivity contribution is -0.394. The average molecular weight is 306 g/mol. The molecule has 9 nitrogen and oxygen atoms in total. The van der Waals surface area contributed by atoms with Crippen LogP contribution >= 0.6 is 0 Å². The zero-order valence-corrected chi connectivity index (χ0v) is 11.4. The van der Waals surface area contributed by atoms with Crippen LogP contribution in [0.3, 0.4) is 0 Å². The summed E-state index contributed by atoms with van der Waals surface area (Å²) >= 11 is 0. The molecule has 0 aliphatic rings. The number of carbonyl (C=O) groups is 1. The Morgan fingerprint density at radius 2 is 2.14 bits per heavy atom. The van der Waals surface area contributed by atoms with Gasteiger partial charge in [0.1, 0.15) is 5.82 Å². The number of benzene rings is 1. The van der Waals surface area contributed by atoms with Crippen molar-refractivity contribution in [2.45, 2.75) is 13.5 Å². The van der Waals surface area contributed by atoms with Gasteiger partial charge in [-0.05, 0) is 36.1 Å². The molecule has 22 heavy (non-hydrogen) atoms. The molecule has 0 bridgehead atoms. The number of rotatable bonds is 5. The van der Waals surface area contributed by atoms with Gasteiger partial charge in [-0.25, -0.2) is 9.82 Å². The van der Waals surface area contributed by atoms with Crippen LogP contribution in [0.1, 0.15) is 17.3 Å². The van der Waals surface area contributed by atoms with Crippen molar-refractivity contribution in [1.82, 2.24) is 20.2 Å². The first-order chi connectivity index (χ1) is 10.5. The molecule has 0 fully saturated rings. The van der Waals surface area contributed by atoms with Crippen LogP contribution in [0.25, 0.3) is 0 Å². The smallest absolute Gasteiger partial charge is 0.390 e. The van der Waals surface area contributed by atoms with Crippen molar-refractivity contribution in [3.8, 4) is 0 Å². The minimum Gasteiger partial charge on any atom is -0.390 e. The SMILES string of the molecule is C/C(Cn1cnc([N+](=O)[O-])n1)=N/NC(=O)c1ccc(F)cc1. The molecule has 2 rings (SSSR count). The summed E-state index contributed by atoms with van der Waals surface area (Å²) in [5.74, 6) is -1.45. The topological polar surface area (TPSA) is 115 Å². The Labute approximate surface area is 123 Å². The molecule has 1 aromatic heterocycles. The third-order valence-corrected chi connectivity index (χ3v) is 2.53. The van der Waals surface area contributed by atoms with Gasteiger partial charge in [-0.3, -0.25) is 4.79 Å². The number of halogens is 1. The van der Waals surface area contributed by atoms with Crippen LogP contribution in [0.4, 0.5) is 10.3 Å². The number of amides is 1. The maximum absolute atomic E-state index is 12.7. The van der Waals surface area contributed by atoms with Gasteiger partial charge in [0.2, 0.25) is 6.33 Å². The van der Waals surface area contributed by atoms with Crippen LogP contribution in [0.5, 0.6) is 0 Å². The molecule has 0 radical (unpaired) electrons. The maximum atomic E-state index is 12.7. The third-order valence-electron chi connectivity index (χ3n) is 2.53. The first-order valence-electron chi connectivity index (χ1n) is 6.08. The van der Waals surface area contributed by atoms with Crippen molar-refractivity contribution in [2.75, 3.05) is 0 Å². The number of hydrogen-bond donors (Lipinski definition) is 1. The summed E-state index contributed by atoms with van der Waals surface area (Å²) in [5, 5.41) is 17.9. The third kappa shape index (κ3) is 3.91. The highest BCUT2D eigenvalue weighted by Gasteiger charge is 2.13. The van der Waals surface area contributed by atoms with Crippen LogP contribution in [0.15, 0.2) is 35.7 Å². The van der Waals surface area contributed by atoms with E-state index in [1.807, 2.05) is 0 Å². The molecule has 0 saturated carbocycles. The van der Waals surface area contributed by atoms with Crippen molar-refractivity contribution >= 4 is 17.6 Å². The highest BCUT2D eigenvalue weighted by Crippen LogP contribution is 2.03. The first-order valence-corrected chi connectivity index (χ1v) is 6.08. The van der Waals surface area contributed by atoms with Gasteiger partial charge in [-0.15, -0.1) is 0 Å². The number of nitro groups is 1. The summed E-state index contributed by atoms with van der Waals surface area (Å²) in [7, 11) is 0. The second kappa shape index (κ2) is 6.52. The van der Waals surface area contributed by atoms with Crippen molar-refractivity contribution in [1.29, 1.82) is 0 Å². The second-order valence-corrected chi connectivity index (χ2v) is 4.29. The fourth-order valence-electron chi connectivity index (χ4n) is 1.53. The highest BCUT2D eigenvalue weighted by atomic mass is 19.1.